The third kappa shape index (κ3) is 3.51. The molecule has 106 valence electrons. The second-order valence-electron chi connectivity index (χ2n) is 4.45. The molecule has 3 N–H and O–H groups in total. The Morgan fingerprint density at radius 2 is 2.00 bits per heavy atom. The molecule has 0 saturated carbocycles. The number of benzene rings is 2. The van der Waals surface area contributed by atoms with Gasteiger partial charge >= 0.3 is 0 Å². The number of nitrogens with one attached hydrogen (secondary N) is 1. The van der Waals surface area contributed by atoms with Crippen molar-refractivity contribution in [1.29, 1.82) is 5.26 Å². The summed E-state index contributed by atoms with van der Waals surface area (Å²) in [5.74, 6) is 0.361. The molecule has 0 unspecified atom stereocenters. The Kier molecular flexibility index (Phi) is 4.42. The number of carbonyl (C=O) groups is 1. The zero-order valence-electron chi connectivity index (χ0n) is 11.6. The topological polar surface area (TPSA) is 88.1 Å². The molecule has 0 radical (unpaired) electrons. The van der Waals surface area contributed by atoms with Gasteiger partial charge < -0.3 is 15.8 Å². The number of anilines is 2. The first-order valence-corrected chi connectivity index (χ1v) is 6.38. The van der Waals surface area contributed by atoms with Gasteiger partial charge in [0.2, 0.25) is 0 Å². The van der Waals surface area contributed by atoms with Gasteiger partial charge in [-0.1, -0.05) is 6.07 Å². The third-order valence-corrected chi connectivity index (χ3v) is 3.04. The normalized spacial score (nSPS) is 9.71. The van der Waals surface area contributed by atoms with Crippen LogP contribution in [0.15, 0.2) is 42.5 Å². The summed E-state index contributed by atoms with van der Waals surface area (Å²) in [6.07, 6.45) is 0. The van der Waals surface area contributed by atoms with Crippen molar-refractivity contribution in [3.05, 3.63) is 53.6 Å². The fraction of sp³-hybridized carbons (Fsp3) is 0.125. The van der Waals surface area contributed by atoms with E-state index in [1.807, 2.05) is 13.0 Å². The number of hydrogen-bond acceptors (Lipinski definition) is 4. The second kappa shape index (κ2) is 6.44. The number of hydrogen-bond donors (Lipinski definition) is 2. The minimum absolute atomic E-state index is 0.00576. The SMILES string of the molecule is Cc1c(N)cccc1C(=O)Nc1ccc(OCC#N)cc1. The largest absolute Gasteiger partial charge is 0.479 e. The van der Waals surface area contributed by atoms with E-state index in [2.05, 4.69) is 5.32 Å². The van der Waals surface area contributed by atoms with Gasteiger partial charge in [-0.2, -0.15) is 5.26 Å². The third-order valence-electron chi connectivity index (χ3n) is 3.04. The number of nitrogens with two attached hydrogens (primary N) is 1. The minimum atomic E-state index is -0.217. The summed E-state index contributed by atoms with van der Waals surface area (Å²) < 4.78 is 5.14. The van der Waals surface area contributed by atoms with Crippen LogP contribution in [-0.4, -0.2) is 12.5 Å². The standard InChI is InChI=1S/C16H15N3O2/c1-11-14(3-2-4-15(11)18)16(20)19-12-5-7-13(8-6-12)21-10-9-17/h2-8H,10,18H2,1H3,(H,19,20). The average molecular weight is 281 g/mol. The smallest absolute Gasteiger partial charge is 0.256 e. The predicted molar refractivity (Wildman–Crippen MR) is 81.1 cm³/mol. The Morgan fingerprint density at radius 3 is 2.67 bits per heavy atom. The molecule has 1 amide bonds. The lowest BCUT2D eigenvalue weighted by Crippen LogP contribution is -2.14. The first-order chi connectivity index (χ1) is 10.1. The highest BCUT2D eigenvalue weighted by Crippen LogP contribution is 2.19. The Hall–Kier alpha value is -3.00. The van der Waals surface area contributed by atoms with Gasteiger partial charge in [0.25, 0.3) is 5.91 Å². The summed E-state index contributed by atoms with van der Waals surface area (Å²) >= 11 is 0. The van der Waals surface area contributed by atoms with Crippen LogP contribution in [0, 0.1) is 18.3 Å². The molecule has 0 heterocycles. The molecule has 5 heteroatoms. The average Bonchev–Trinajstić information content (AvgIpc) is 2.49. The van der Waals surface area contributed by atoms with Gasteiger partial charge in [-0.05, 0) is 48.9 Å². The van der Waals surface area contributed by atoms with Crippen LogP contribution in [0.5, 0.6) is 5.75 Å². The van der Waals surface area contributed by atoms with Gasteiger partial charge in [0.15, 0.2) is 6.61 Å². The fourth-order valence-corrected chi connectivity index (χ4v) is 1.85. The quantitative estimate of drug-likeness (QED) is 0.843. The summed E-state index contributed by atoms with van der Waals surface area (Å²) in [7, 11) is 0. The number of nitrogens with zero attached hydrogens (tertiary/aromatic N) is 1. The lowest BCUT2D eigenvalue weighted by atomic mass is 10.1. The zero-order valence-corrected chi connectivity index (χ0v) is 11.6. The zero-order chi connectivity index (χ0) is 15.2. The molecule has 0 spiro atoms. The molecule has 5 nitrogen and oxygen atoms in total. The van der Waals surface area contributed by atoms with E-state index in [0.29, 0.717) is 22.7 Å². The van der Waals surface area contributed by atoms with Crippen LogP contribution in [0.25, 0.3) is 0 Å². The van der Waals surface area contributed by atoms with Crippen LogP contribution >= 0.6 is 0 Å². The Bertz CT molecular complexity index is 688. The minimum Gasteiger partial charge on any atom is -0.479 e. The molecule has 0 saturated heterocycles. The fourth-order valence-electron chi connectivity index (χ4n) is 1.85. The lowest BCUT2D eigenvalue weighted by Gasteiger charge is -2.10. The van der Waals surface area contributed by atoms with Crippen molar-refractivity contribution in [2.75, 3.05) is 17.7 Å². The van der Waals surface area contributed by atoms with Gasteiger partial charge in [0.1, 0.15) is 11.8 Å². The van der Waals surface area contributed by atoms with Gasteiger partial charge in [0.05, 0.1) is 0 Å². The molecule has 2 rings (SSSR count). The van der Waals surface area contributed by atoms with E-state index in [-0.39, 0.29) is 12.5 Å². The van der Waals surface area contributed by atoms with Gasteiger partial charge in [-0.3, -0.25) is 4.79 Å². The molecule has 2 aromatic carbocycles. The monoisotopic (exact) mass is 281 g/mol. The second-order valence-corrected chi connectivity index (χ2v) is 4.45. The summed E-state index contributed by atoms with van der Waals surface area (Å²) in [5, 5.41) is 11.2. The number of nitrogen functional groups attached to an aromatic ring is 1. The van der Waals surface area contributed by atoms with Crippen LogP contribution < -0.4 is 15.8 Å². The Morgan fingerprint density at radius 1 is 1.29 bits per heavy atom. The van der Waals surface area contributed by atoms with Crippen LogP contribution in [0.2, 0.25) is 0 Å². The van der Waals surface area contributed by atoms with Crippen molar-refractivity contribution in [3.8, 4) is 11.8 Å². The van der Waals surface area contributed by atoms with Crippen molar-refractivity contribution in [1.82, 2.24) is 0 Å². The molecule has 0 aliphatic carbocycles. The Balaban J connectivity index is 2.09. The van der Waals surface area contributed by atoms with Gasteiger partial charge in [-0.15, -0.1) is 0 Å². The van der Waals surface area contributed by atoms with Crippen LogP contribution in [0.3, 0.4) is 0 Å². The van der Waals surface area contributed by atoms with E-state index < -0.39 is 0 Å². The first-order valence-electron chi connectivity index (χ1n) is 6.38. The van der Waals surface area contributed by atoms with Gasteiger partial charge in [0, 0.05) is 16.9 Å². The highest BCUT2D eigenvalue weighted by atomic mass is 16.5. The van der Waals surface area contributed by atoms with Crippen molar-refractivity contribution in [3.63, 3.8) is 0 Å². The van der Waals surface area contributed by atoms with Crippen LogP contribution in [-0.2, 0) is 0 Å². The number of rotatable bonds is 4. The summed E-state index contributed by atoms with van der Waals surface area (Å²) in [6, 6.07) is 13.9. The highest BCUT2D eigenvalue weighted by Gasteiger charge is 2.10. The maximum atomic E-state index is 12.2. The summed E-state index contributed by atoms with van der Waals surface area (Å²) in [6.45, 7) is 1.80. The van der Waals surface area contributed by atoms with E-state index in [9.17, 15) is 4.79 Å². The lowest BCUT2D eigenvalue weighted by molar-refractivity contribution is 0.102. The molecule has 21 heavy (non-hydrogen) atoms. The van der Waals surface area contributed by atoms with E-state index in [4.69, 9.17) is 15.7 Å². The molecule has 0 aliphatic heterocycles. The van der Waals surface area contributed by atoms with Crippen LogP contribution in [0.1, 0.15) is 15.9 Å². The van der Waals surface area contributed by atoms with Crippen molar-refractivity contribution < 1.29 is 9.53 Å². The highest BCUT2D eigenvalue weighted by molar-refractivity contribution is 6.06. The van der Waals surface area contributed by atoms with E-state index in [1.54, 1.807) is 42.5 Å². The number of amides is 1. The van der Waals surface area contributed by atoms with E-state index in [0.717, 1.165) is 5.56 Å². The van der Waals surface area contributed by atoms with Crippen molar-refractivity contribution >= 4 is 17.3 Å². The molecular weight excluding hydrogens is 266 g/mol. The number of ether oxygens (including phenoxy) is 1. The Labute approximate surface area is 123 Å². The van der Waals surface area contributed by atoms with Crippen molar-refractivity contribution in [2.45, 2.75) is 6.92 Å². The summed E-state index contributed by atoms with van der Waals surface area (Å²) in [5.41, 5.74) is 8.32. The predicted octanol–water partition coefficient (Wildman–Crippen LogP) is 2.73. The molecule has 0 atom stereocenters. The van der Waals surface area contributed by atoms with E-state index >= 15 is 0 Å². The van der Waals surface area contributed by atoms with E-state index in [1.165, 1.54) is 0 Å². The number of nitriles is 1. The van der Waals surface area contributed by atoms with Gasteiger partial charge in [-0.25, -0.2) is 0 Å². The molecule has 0 fully saturated rings. The first kappa shape index (κ1) is 14.4. The van der Waals surface area contributed by atoms with Crippen LogP contribution in [0.4, 0.5) is 11.4 Å². The number of carbonyl (C=O) groups excluding carboxylic acids is 1. The maximum Gasteiger partial charge on any atom is 0.256 e. The summed E-state index contributed by atoms with van der Waals surface area (Å²) in [4.78, 5) is 12.2. The molecule has 0 bridgehead atoms. The molecular formula is C16H15N3O2. The molecule has 0 aromatic heterocycles. The maximum absolute atomic E-state index is 12.2. The molecule has 2 aromatic rings. The van der Waals surface area contributed by atoms with Crippen molar-refractivity contribution in [2.24, 2.45) is 0 Å². The molecule has 0 aliphatic rings.